The Bertz CT molecular complexity index is 1230. The molecule has 1 aliphatic rings. The quantitative estimate of drug-likeness (QED) is 0.654. The lowest BCUT2D eigenvalue weighted by Gasteiger charge is -2.29. The Kier molecular flexibility index (Phi) is 5.65. The number of carbonyl (C=O) groups excluding carboxylic acids is 1. The number of amides is 1. The van der Waals surface area contributed by atoms with Crippen LogP contribution in [0.5, 0.6) is 5.75 Å². The molecule has 0 fully saturated rings. The molecule has 1 heterocycles. The normalized spacial score (nSPS) is 13.4. The number of hydrogen-bond acceptors (Lipinski definition) is 4. The molecule has 1 N–H and O–H groups in total. The number of carbonyl (C=O) groups is 1. The van der Waals surface area contributed by atoms with Gasteiger partial charge < -0.3 is 9.64 Å². The molecule has 3 aromatic carbocycles. The summed E-state index contributed by atoms with van der Waals surface area (Å²) in [4.78, 5) is 14.2. The van der Waals surface area contributed by atoms with E-state index < -0.39 is 15.8 Å². The molecule has 31 heavy (non-hydrogen) atoms. The zero-order valence-corrected chi connectivity index (χ0v) is 17.7. The van der Waals surface area contributed by atoms with Crippen molar-refractivity contribution >= 4 is 21.6 Å². The van der Waals surface area contributed by atoms with Crippen LogP contribution in [0.4, 0.5) is 10.1 Å². The molecule has 1 amide bonds. The summed E-state index contributed by atoms with van der Waals surface area (Å²) in [6, 6.07) is 17.6. The van der Waals surface area contributed by atoms with E-state index in [4.69, 9.17) is 4.74 Å². The first-order chi connectivity index (χ1) is 14.9. The molecule has 6 nitrogen and oxygen atoms in total. The molecule has 4 rings (SSSR count). The molecule has 0 saturated carbocycles. The number of methoxy groups -OCH3 is 1. The zero-order chi connectivity index (χ0) is 22.0. The molecule has 0 unspecified atom stereocenters. The van der Waals surface area contributed by atoms with Gasteiger partial charge in [0.25, 0.3) is 15.9 Å². The topological polar surface area (TPSA) is 75.7 Å². The van der Waals surface area contributed by atoms with Crippen LogP contribution in [0.25, 0.3) is 0 Å². The van der Waals surface area contributed by atoms with Crippen LogP contribution in [0.1, 0.15) is 21.5 Å². The SMILES string of the molecule is COc1ccc(F)cc1S(=O)(=O)Nc1ccc2c(c1)CN(C(=O)c1ccccc1)CC2. The molecule has 0 saturated heterocycles. The van der Waals surface area contributed by atoms with E-state index in [9.17, 15) is 17.6 Å². The fourth-order valence-corrected chi connectivity index (χ4v) is 4.86. The highest BCUT2D eigenvalue weighted by Gasteiger charge is 2.24. The smallest absolute Gasteiger partial charge is 0.265 e. The average Bonchev–Trinajstić information content (AvgIpc) is 2.78. The summed E-state index contributed by atoms with van der Waals surface area (Å²) in [5.74, 6) is -0.699. The van der Waals surface area contributed by atoms with E-state index in [0.717, 1.165) is 23.3 Å². The van der Waals surface area contributed by atoms with Crippen LogP contribution in [0.15, 0.2) is 71.6 Å². The Labute approximate surface area is 180 Å². The predicted molar refractivity (Wildman–Crippen MR) is 115 cm³/mol. The lowest BCUT2D eigenvalue weighted by molar-refractivity contribution is 0.0734. The summed E-state index contributed by atoms with van der Waals surface area (Å²) in [6.07, 6.45) is 0.679. The number of halogens is 1. The molecule has 0 bridgehead atoms. The van der Waals surface area contributed by atoms with Gasteiger partial charge in [-0.3, -0.25) is 9.52 Å². The van der Waals surface area contributed by atoms with Crippen molar-refractivity contribution in [3.8, 4) is 5.75 Å². The minimum atomic E-state index is -4.07. The maximum atomic E-state index is 13.7. The van der Waals surface area contributed by atoms with Crippen molar-refractivity contribution in [3.05, 3.63) is 89.2 Å². The van der Waals surface area contributed by atoms with Gasteiger partial charge in [-0.05, 0) is 60.0 Å². The monoisotopic (exact) mass is 440 g/mol. The number of benzene rings is 3. The molecule has 0 aliphatic carbocycles. The first-order valence-corrected chi connectivity index (χ1v) is 11.2. The Morgan fingerprint density at radius 1 is 1.03 bits per heavy atom. The van der Waals surface area contributed by atoms with E-state index >= 15 is 0 Å². The van der Waals surface area contributed by atoms with Crippen LogP contribution in [0.3, 0.4) is 0 Å². The number of fused-ring (bicyclic) bond motifs is 1. The van der Waals surface area contributed by atoms with Crippen LogP contribution < -0.4 is 9.46 Å². The minimum absolute atomic E-state index is 0.0477. The molecule has 160 valence electrons. The third-order valence-corrected chi connectivity index (χ3v) is 6.60. The molecule has 8 heteroatoms. The van der Waals surface area contributed by atoms with Gasteiger partial charge in [0.15, 0.2) is 0 Å². The molecule has 0 spiro atoms. The van der Waals surface area contributed by atoms with Gasteiger partial charge in [-0.15, -0.1) is 0 Å². The van der Waals surface area contributed by atoms with Gasteiger partial charge in [0, 0.05) is 24.3 Å². The molecular weight excluding hydrogens is 419 g/mol. The Hall–Kier alpha value is -3.39. The van der Waals surface area contributed by atoms with E-state index in [2.05, 4.69) is 4.72 Å². The maximum Gasteiger partial charge on any atom is 0.265 e. The Balaban J connectivity index is 1.58. The standard InChI is InChI=1S/C23H21FN2O4S/c1-30-21-10-8-19(24)14-22(21)31(28,29)25-20-9-7-16-11-12-26(15-18(16)13-20)23(27)17-5-3-2-4-6-17/h2-10,13-14,25H,11-12,15H2,1H3. The summed E-state index contributed by atoms with van der Waals surface area (Å²) >= 11 is 0. The lowest BCUT2D eigenvalue weighted by atomic mass is 9.98. The van der Waals surface area contributed by atoms with Crippen molar-refractivity contribution in [2.45, 2.75) is 17.9 Å². The third kappa shape index (κ3) is 4.39. The summed E-state index contributed by atoms with van der Waals surface area (Å²) in [5, 5.41) is 0. The Morgan fingerprint density at radius 2 is 1.81 bits per heavy atom. The number of ether oxygens (including phenoxy) is 1. The highest BCUT2D eigenvalue weighted by atomic mass is 32.2. The van der Waals surface area contributed by atoms with Crippen LogP contribution in [0.2, 0.25) is 0 Å². The number of rotatable bonds is 5. The van der Waals surface area contributed by atoms with E-state index in [-0.39, 0.29) is 16.6 Å². The predicted octanol–water partition coefficient (Wildman–Crippen LogP) is 3.83. The second-order valence-corrected chi connectivity index (χ2v) is 8.88. The summed E-state index contributed by atoms with van der Waals surface area (Å²) in [7, 11) is -2.75. The van der Waals surface area contributed by atoms with Crippen LogP contribution >= 0.6 is 0 Å². The van der Waals surface area contributed by atoms with Crippen LogP contribution in [0, 0.1) is 5.82 Å². The van der Waals surface area contributed by atoms with Gasteiger partial charge >= 0.3 is 0 Å². The highest BCUT2D eigenvalue weighted by Crippen LogP contribution is 2.29. The van der Waals surface area contributed by atoms with Crippen molar-refractivity contribution in [1.29, 1.82) is 0 Å². The lowest BCUT2D eigenvalue weighted by Crippen LogP contribution is -2.36. The summed E-state index contributed by atoms with van der Waals surface area (Å²) in [5.41, 5.74) is 2.87. The maximum absolute atomic E-state index is 13.7. The van der Waals surface area contributed by atoms with E-state index in [1.54, 1.807) is 29.2 Å². The number of anilines is 1. The minimum Gasteiger partial charge on any atom is -0.495 e. The number of hydrogen-bond donors (Lipinski definition) is 1. The fourth-order valence-electron chi connectivity index (χ4n) is 3.63. The van der Waals surface area contributed by atoms with Gasteiger partial charge in [0.05, 0.1) is 7.11 Å². The fraction of sp³-hybridized carbons (Fsp3) is 0.174. The second-order valence-electron chi connectivity index (χ2n) is 7.23. The van der Waals surface area contributed by atoms with Crippen molar-refractivity contribution in [1.82, 2.24) is 4.90 Å². The van der Waals surface area contributed by atoms with Crippen LogP contribution in [-0.2, 0) is 23.0 Å². The number of nitrogens with one attached hydrogen (secondary N) is 1. The first-order valence-electron chi connectivity index (χ1n) is 9.70. The largest absolute Gasteiger partial charge is 0.495 e. The number of nitrogens with zero attached hydrogens (tertiary/aromatic N) is 1. The van der Waals surface area contributed by atoms with Gasteiger partial charge in [-0.2, -0.15) is 0 Å². The van der Waals surface area contributed by atoms with Gasteiger partial charge in [0.1, 0.15) is 16.5 Å². The van der Waals surface area contributed by atoms with Crippen molar-refractivity contribution in [2.75, 3.05) is 18.4 Å². The molecule has 0 aromatic heterocycles. The first kappa shape index (κ1) is 20.9. The molecule has 3 aromatic rings. The molecule has 1 aliphatic heterocycles. The van der Waals surface area contributed by atoms with Crippen molar-refractivity contribution < 1.29 is 22.3 Å². The van der Waals surface area contributed by atoms with E-state index in [0.29, 0.717) is 30.8 Å². The summed E-state index contributed by atoms with van der Waals surface area (Å²) < 4.78 is 46.9. The van der Waals surface area contributed by atoms with Crippen molar-refractivity contribution in [2.24, 2.45) is 0 Å². The Morgan fingerprint density at radius 3 is 2.55 bits per heavy atom. The highest BCUT2D eigenvalue weighted by molar-refractivity contribution is 7.92. The van der Waals surface area contributed by atoms with Gasteiger partial charge in [-0.25, -0.2) is 12.8 Å². The number of sulfonamides is 1. The zero-order valence-electron chi connectivity index (χ0n) is 16.8. The van der Waals surface area contributed by atoms with E-state index in [1.807, 2.05) is 24.3 Å². The van der Waals surface area contributed by atoms with Gasteiger partial charge in [-0.1, -0.05) is 24.3 Å². The summed E-state index contributed by atoms with van der Waals surface area (Å²) in [6.45, 7) is 0.966. The second kappa shape index (κ2) is 8.39. The van der Waals surface area contributed by atoms with Crippen molar-refractivity contribution in [3.63, 3.8) is 0 Å². The third-order valence-electron chi connectivity index (χ3n) is 5.19. The van der Waals surface area contributed by atoms with E-state index in [1.165, 1.54) is 13.2 Å². The van der Waals surface area contributed by atoms with Crippen LogP contribution in [-0.4, -0.2) is 32.9 Å². The molecule has 0 atom stereocenters. The molecular formula is C23H21FN2O4S. The average molecular weight is 440 g/mol. The van der Waals surface area contributed by atoms with Gasteiger partial charge in [0.2, 0.25) is 0 Å². The molecule has 0 radical (unpaired) electrons.